The monoisotopic (exact) mass is 321 g/mol. The predicted molar refractivity (Wildman–Crippen MR) is 79.8 cm³/mol. The Morgan fingerprint density at radius 2 is 2.05 bits per heavy atom. The lowest BCUT2D eigenvalue weighted by Crippen LogP contribution is -2.12. The first-order valence-electron chi connectivity index (χ1n) is 6.25. The number of hydrogen-bond acceptors (Lipinski definition) is 2. The van der Waals surface area contributed by atoms with Gasteiger partial charge in [0.1, 0.15) is 5.76 Å². The van der Waals surface area contributed by atoms with Gasteiger partial charge >= 0.3 is 0 Å². The SMILES string of the molecule is CCc1ccc(C(=O)Nc2ccccc2C(C)Br)o1. The zero-order valence-corrected chi connectivity index (χ0v) is 12.5. The van der Waals surface area contributed by atoms with E-state index in [0.29, 0.717) is 5.76 Å². The molecule has 100 valence electrons. The predicted octanol–water partition coefficient (Wildman–Crippen LogP) is 4.55. The van der Waals surface area contributed by atoms with Crippen LogP contribution in [-0.2, 0) is 6.42 Å². The number of hydrogen-bond donors (Lipinski definition) is 1. The molecule has 1 amide bonds. The van der Waals surface area contributed by atoms with Crippen LogP contribution in [0, 0.1) is 0 Å². The zero-order valence-electron chi connectivity index (χ0n) is 10.9. The highest BCUT2D eigenvalue weighted by molar-refractivity contribution is 9.09. The maximum absolute atomic E-state index is 12.1. The van der Waals surface area contributed by atoms with E-state index in [2.05, 4.69) is 21.2 Å². The van der Waals surface area contributed by atoms with Gasteiger partial charge in [-0.15, -0.1) is 0 Å². The zero-order chi connectivity index (χ0) is 13.8. The summed E-state index contributed by atoms with van der Waals surface area (Å²) in [4.78, 5) is 12.3. The Hall–Kier alpha value is -1.55. The van der Waals surface area contributed by atoms with Crippen LogP contribution >= 0.6 is 15.9 Å². The fraction of sp³-hybridized carbons (Fsp3) is 0.267. The van der Waals surface area contributed by atoms with Gasteiger partial charge in [-0.05, 0) is 30.7 Å². The van der Waals surface area contributed by atoms with E-state index < -0.39 is 0 Å². The van der Waals surface area contributed by atoms with Gasteiger partial charge < -0.3 is 9.73 Å². The van der Waals surface area contributed by atoms with Crippen molar-refractivity contribution in [3.8, 4) is 0 Å². The molecule has 1 unspecified atom stereocenters. The highest BCUT2D eigenvalue weighted by Gasteiger charge is 2.14. The number of alkyl halides is 1. The second-order valence-corrected chi connectivity index (χ2v) is 5.65. The van der Waals surface area contributed by atoms with Gasteiger partial charge in [0.05, 0.1) is 0 Å². The first-order chi connectivity index (χ1) is 9.11. The van der Waals surface area contributed by atoms with Gasteiger partial charge in [-0.25, -0.2) is 0 Å². The number of carbonyl (C=O) groups excluding carboxylic acids is 1. The number of anilines is 1. The third-order valence-electron chi connectivity index (χ3n) is 2.87. The van der Waals surface area contributed by atoms with Crippen LogP contribution in [0.15, 0.2) is 40.8 Å². The number of rotatable bonds is 4. The molecule has 1 aromatic heterocycles. The number of aryl methyl sites for hydroxylation is 1. The molecule has 0 aliphatic rings. The molecule has 0 aliphatic carbocycles. The van der Waals surface area contributed by atoms with Gasteiger partial charge in [0.2, 0.25) is 0 Å². The second-order valence-electron chi connectivity index (χ2n) is 4.28. The van der Waals surface area contributed by atoms with Crippen LogP contribution in [0.5, 0.6) is 0 Å². The molecule has 1 heterocycles. The first kappa shape index (κ1) is 13.9. The maximum Gasteiger partial charge on any atom is 0.291 e. The van der Waals surface area contributed by atoms with E-state index in [0.717, 1.165) is 23.4 Å². The fourth-order valence-corrected chi connectivity index (χ4v) is 2.23. The van der Waals surface area contributed by atoms with Crippen LogP contribution in [0.4, 0.5) is 5.69 Å². The molecule has 0 saturated heterocycles. The lowest BCUT2D eigenvalue weighted by Gasteiger charge is -2.11. The Bertz CT molecular complexity index is 575. The number of carbonyl (C=O) groups is 1. The van der Waals surface area contributed by atoms with E-state index in [1.807, 2.05) is 44.2 Å². The van der Waals surface area contributed by atoms with Gasteiger partial charge in [0.25, 0.3) is 5.91 Å². The van der Waals surface area contributed by atoms with Crippen molar-refractivity contribution < 1.29 is 9.21 Å². The maximum atomic E-state index is 12.1. The summed E-state index contributed by atoms with van der Waals surface area (Å²) in [5.41, 5.74) is 1.84. The third kappa shape index (κ3) is 3.26. The van der Waals surface area contributed by atoms with Crippen molar-refractivity contribution >= 4 is 27.5 Å². The van der Waals surface area contributed by atoms with Crippen molar-refractivity contribution in [2.24, 2.45) is 0 Å². The average molecular weight is 322 g/mol. The minimum absolute atomic E-state index is 0.173. The van der Waals surface area contributed by atoms with Crippen molar-refractivity contribution in [2.75, 3.05) is 5.32 Å². The minimum atomic E-state index is -0.222. The molecule has 2 rings (SSSR count). The van der Waals surface area contributed by atoms with Gasteiger partial charge in [0, 0.05) is 16.9 Å². The number of furan rings is 1. The number of nitrogens with one attached hydrogen (secondary N) is 1. The Balaban J connectivity index is 2.19. The lowest BCUT2D eigenvalue weighted by atomic mass is 10.1. The number of benzene rings is 1. The second kappa shape index (κ2) is 6.06. The number of halogens is 1. The Morgan fingerprint density at radius 3 is 2.68 bits per heavy atom. The first-order valence-corrected chi connectivity index (χ1v) is 7.16. The minimum Gasteiger partial charge on any atom is -0.456 e. The van der Waals surface area contributed by atoms with E-state index in [9.17, 15) is 4.79 Å². The summed E-state index contributed by atoms with van der Waals surface area (Å²) in [6.45, 7) is 4.01. The molecule has 1 N–H and O–H groups in total. The molecule has 2 aromatic rings. The van der Waals surface area contributed by atoms with Crippen LogP contribution in [0.3, 0.4) is 0 Å². The van der Waals surface area contributed by atoms with Crippen LogP contribution < -0.4 is 5.32 Å². The van der Waals surface area contributed by atoms with Crippen LogP contribution in [0.25, 0.3) is 0 Å². The molecular weight excluding hydrogens is 306 g/mol. The quantitative estimate of drug-likeness (QED) is 0.839. The van der Waals surface area contributed by atoms with Gasteiger partial charge in [-0.2, -0.15) is 0 Å². The summed E-state index contributed by atoms with van der Waals surface area (Å²) >= 11 is 3.52. The van der Waals surface area contributed by atoms with Gasteiger partial charge in [-0.1, -0.05) is 41.1 Å². The largest absolute Gasteiger partial charge is 0.456 e. The van der Waals surface area contributed by atoms with Crippen molar-refractivity contribution in [2.45, 2.75) is 25.1 Å². The number of amides is 1. The molecule has 0 bridgehead atoms. The summed E-state index contributed by atoms with van der Waals surface area (Å²) in [5, 5.41) is 2.88. The molecule has 0 spiro atoms. The summed E-state index contributed by atoms with van der Waals surface area (Å²) in [6.07, 6.45) is 0.780. The van der Waals surface area contributed by atoms with Crippen molar-refractivity contribution in [1.82, 2.24) is 0 Å². The lowest BCUT2D eigenvalue weighted by molar-refractivity contribution is 0.0995. The molecule has 1 atom stereocenters. The van der Waals surface area contributed by atoms with E-state index in [1.165, 1.54) is 0 Å². The molecule has 1 aromatic carbocycles. The molecule has 0 fully saturated rings. The third-order valence-corrected chi connectivity index (χ3v) is 3.36. The fourth-order valence-electron chi connectivity index (χ4n) is 1.83. The molecule has 0 saturated carbocycles. The average Bonchev–Trinajstić information content (AvgIpc) is 2.88. The highest BCUT2D eigenvalue weighted by atomic mass is 79.9. The molecule has 19 heavy (non-hydrogen) atoms. The van der Waals surface area contributed by atoms with Crippen LogP contribution in [-0.4, -0.2) is 5.91 Å². The Morgan fingerprint density at radius 1 is 1.32 bits per heavy atom. The van der Waals surface area contributed by atoms with Crippen LogP contribution in [0.1, 0.15) is 40.6 Å². The van der Waals surface area contributed by atoms with E-state index in [-0.39, 0.29) is 10.7 Å². The van der Waals surface area contributed by atoms with E-state index in [1.54, 1.807) is 6.07 Å². The molecular formula is C15H16BrNO2. The molecule has 4 heteroatoms. The summed E-state index contributed by atoms with van der Waals surface area (Å²) in [5.74, 6) is 0.932. The van der Waals surface area contributed by atoms with Crippen molar-refractivity contribution in [3.63, 3.8) is 0 Å². The van der Waals surface area contributed by atoms with E-state index >= 15 is 0 Å². The van der Waals surface area contributed by atoms with E-state index in [4.69, 9.17) is 4.42 Å². The summed E-state index contributed by atoms with van der Waals surface area (Å²) < 4.78 is 5.44. The summed E-state index contributed by atoms with van der Waals surface area (Å²) in [6, 6.07) is 11.2. The van der Waals surface area contributed by atoms with Crippen LogP contribution in [0.2, 0.25) is 0 Å². The Kier molecular flexibility index (Phi) is 4.43. The van der Waals surface area contributed by atoms with Gasteiger partial charge in [0.15, 0.2) is 5.76 Å². The standard InChI is InChI=1S/C15H16BrNO2/c1-3-11-8-9-14(19-11)15(18)17-13-7-5-4-6-12(13)10(2)16/h4-10H,3H2,1-2H3,(H,17,18). The number of para-hydroxylation sites is 1. The summed E-state index contributed by atoms with van der Waals surface area (Å²) in [7, 11) is 0. The topological polar surface area (TPSA) is 42.2 Å². The highest BCUT2D eigenvalue weighted by Crippen LogP contribution is 2.29. The molecule has 0 aliphatic heterocycles. The smallest absolute Gasteiger partial charge is 0.291 e. The molecule has 3 nitrogen and oxygen atoms in total. The van der Waals surface area contributed by atoms with Gasteiger partial charge in [-0.3, -0.25) is 4.79 Å². The van der Waals surface area contributed by atoms with Crippen molar-refractivity contribution in [1.29, 1.82) is 0 Å². The molecule has 0 radical (unpaired) electrons. The van der Waals surface area contributed by atoms with Crippen molar-refractivity contribution in [3.05, 3.63) is 53.5 Å². The normalized spacial score (nSPS) is 12.2. The Labute approximate surface area is 121 Å².